The highest BCUT2D eigenvalue weighted by Gasteiger charge is 2.17. The lowest BCUT2D eigenvalue weighted by atomic mass is 9.92. The number of benzene rings is 1. The van der Waals surface area contributed by atoms with Crippen LogP contribution in [0.4, 0.5) is 5.69 Å². The Morgan fingerprint density at radius 3 is 2.53 bits per heavy atom. The molecule has 0 bridgehead atoms. The van der Waals surface area contributed by atoms with Crippen molar-refractivity contribution in [1.29, 1.82) is 0 Å². The number of halogens is 1. The molecule has 1 rings (SSSR count). The second kappa shape index (κ2) is 6.57. The average molecular weight is 259 g/mol. The van der Waals surface area contributed by atoms with Crippen molar-refractivity contribution in [1.82, 2.24) is 0 Å². The summed E-state index contributed by atoms with van der Waals surface area (Å²) in [6.07, 6.45) is 0.961. The summed E-state index contributed by atoms with van der Waals surface area (Å²) in [5.41, 5.74) is 7.71. The zero-order valence-electron chi connectivity index (χ0n) is 10.3. The number of nitrogens with zero attached hydrogens (tertiary/aromatic N) is 1. The van der Waals surface area contributed by atoms with Gasteiger partial charge in [-0.1, -0.05) is 32.4 Å². The van der Waals surface area contributed by atoms with Gasteiger partial charge in [-0.2, -0.15) is 0 Å². The summed E-state index contributed by atoms with van der Waals surface area (Å²) in [7, 11) is 0. The maximum Gasteiger partial charge on any atom is 0.272 e. The zero-order chi connectivity index (χ0) is 12.3. The van der Waals surface area contributed by atoms with Crippen LogP contribution in [0.3, 0.4) is 0 Å². The Bertz CT molecular complexity index is 396. The van der Waals surface area contributed by atoms with Gasteiger partial charge in [0.2, 0.25) is 0 Å². The Hall–Kier alpha value is -1.13. The quantitative estimate of drug-likeness (QED) is 0.665. The van der Waals surface area contributed by atoms with Crippen LogP contribution in [0.25, 0.3) is 0 Å². The molecule has 2 N–H and O–H groups in total. The van der Waals surface area contributed by atoms with Crippen molar-refractivity contribution in [3.05, 3.63) is 39.4 Å². The van der Waals surface area contributed by atoms with Crippen LogP contribution in [0.2, 0.25) is 0 Å². The van der Waals surface area contributed by atoms with Gasteiger partial charge in [-0.15, -0.1) is 12.4 Å². The molecule has 96 valence electrons. The largest absolute Gasteiger partial charge is 0.324 e. The normalized spacial score (nSPS) is 13.6. The van der Waals surface area contributed by atoms with E-state index in [-0.39, 0.29) is 29.1 Å². The minimum Gasteiger partial charge on any atom is -0.324 e. The number of hydrogen-bond donors (Lipinski definition) is 1. The molecule has 0 heterocycles. The summed E-state index contributed by atoms with van der Waals surface area (Å²) in [6.45, 7) is 5.85. The van der Waals surface area contributed by atoms with Crippen LogP contribution in [-0.4, -0.2) is 4.92 Å². The van der Waals surface area contributed by atoms with Gasteiger partial charge in [0.1, 0.15) is 0 Å². The Kier molecular flexibility index (Phi) is 6.13. The molecule has 0 aliphatic heterocycles. The van der Waals surface area contributed by atoms with Crippen LogP contribution in [0.1, 0.15) is 37.4 Å². The van der Waals surface area contributed by atoms with Crippen molar-refractivity contribution in [2.24, 2.45) is 11.7 Å². The number of rotatable bonds is 4. The summed E-state index contributed by atoms with van der Waals surface area (Å²) in [4.78, 5) is 10.4. The van der Waals surface area contributed by atoms with Crippen LogP contribution in [0, 0.1) is 23.0 Å². The smallest absolute Gasteiger partial charge is 0.272 e. The molecule has 17 heavy (non-hydrogen) atoms. The van der Waals surface area contributed by atoms with Gasteiger partial charge in [0, 0.05) is 17.7 Å². The van der Waals surface area contributed by atoms with E-state index in [4.69, 9.17) is 5.73 Å². The summed E-state index contributed by atoms with van der Waals surface area (Å²) in [6, 6.07) is 5.09. The Morgan fingerprint density at radius 2 is 2.06 bits per heavy atom. The highest BCUT2D eigenvalue weighted by Crippen LogP contribution is 2.27. The summed E-state index contributed by atoms with van der Waals surface area (Å²) >= 11 is 0. The molecule has 4 nitrogen and oxygen atoms in total. The summed E-state index contributed by atoms with van der Waals surface area (Å²) in [5, 5.41) is 10.8. The number of nitrogens with two attached hydrogens (primary N) is 1. The molecule has 0 fully saturated rings. The molecule has 0 spiro atoms. The van der Waals surface area contributed by atoms with Crippen molar-refractivity contribution in [2.75, 3.05) is 0 Å². The van der Waals surface area contributed by atoms with Gasteiger partial charge in [-0.05, 0) is 18.4 Å². The minimum absolute atomic E-state index is 0. The number of nitro benzene ring substituents is 1. The Morgan fingerprint density at radius 1 is 1.47 bits per heavy atom. The van der Waals surface area contributed by atoms with Crippen molar-refractivity contribution in [3.63, 3.8) is 0 Å². The lowest BCUT2D eigenvalue weighted by Gasteiger charge is -2.18. The topological polar surface area (TPSA) is 69.2 Å². The van der Waals surface area contributed by atoms with Crippen LogP contribution in [0.5, 0.6) is 0 Å². The molecule has 1 aromatic carbocycles. The lowest BCUT2D eigenvalue weighted by molar-refractivity contribution is -0.385. The average Bonchev–Trinajstić information content (AvgIpc) is 2.27. The molecule has 2 atom stereocenters. The molecule has 0 aliphatic carbocycles. The SMILES string of the molecule is CCC(C)[C@@H](N)c1ccc(C)c([N+](=O)[O-])c1.Cl. The predicted octanol–water partition coefficient (Wildman–Crippen LogP) is 3.37. The van der Waals surface area contributed by atoms with E-state index in [1.54, 1.807) is 19.1 Å². The maximum atomic E-state index is 10.8. The fourth-order valence-electron chi connectivity index (χ4n) is 1.61. The minimum atomic E-state index is -0.359. The van der Waals surface area contributed by atoms with E-state index in [0.717, 1.165) is 12.0 Å². The molecule has 0 saturated carbocycles. The van der Waals surface area contributed by atoms with Crippen LogP contribution < -0.4 is 5.73 Å². The van der Waals surface area contributed by atoms with Gasteiger partial charge in [-0.25, -0.2) is 0 Å². The van der Waals surface area contributed by atoms with Gasteiger partial charge in [0.15, 0.2) is 0 Å². The standard InChI is InChI=1S/C12H18N2O2.ClH/c1-4-8(2)12(13)10-6-5-9(3)11(7-10)14(15)16;/h5-8,12H,4,13H2,1-3H3;1H/t8?,12-;/m1./s1. The van der Waals surface area contributed by atoms with Gasteiger partial charge >= 0.3 is 0 Å². The van der Waals surface area contributed by atoms with Gasteiger partial charge in [0.25, 0.3) is 5.69 Å². The highest BCUT2D eigenvalue weighted by molar-refractivity contribution is 5.85. The second-order valence-corrected chi connectivity index (χ2v) is 4.21. The molecule has 1 aromatic rings. The molecule has 0 saturated heterocycles. The van der Waals surface area contributed by atoms with Crippen molar-refractivity contribution < 1.29 is 4.92 Å². The van der Waals surface area contributed by atoms with E-state index in [2.05, 4.69) is 13.8 Å². The van der Waals surface area contributed by atoms with E-state index in [9.17, 15) is 10.1 Å². The van der Waals surface area contributed by atoms with E-state index >= 15 is 0 Å². The van der Waals surface area contributed by atoms with Crippen LogP contribution in [0.15, 0.2) is 18.2 Å². The second-order valence-electron chi connectivity index (χ2n) is 4.21. The molecule has 1 unspecified atom stereocenters. The van der Waals surface area contributed by atoms with Crippen molar-refractivity contribution in [2.45, 2.75) is 33.2 Å². The first-order chi connectivity index (χ1) is 7.47. The molecule has 5 heteroatoms. The first-order valence-corrected chi connectivity index (χ1v) is 5.47. The fourth-order valence-corrected chi connectivity index (χ4v) is 1.61. The third-order valence-electron chi connectivity index (χ3n) is 3.07. The molecule has 0 amide bonds. The Labute approximate surface area is 108 Å². The molecular weight excluding hydrogens is 240 g/mol. The van der Waals surface area contributed by atoms with Gasteiger partial charge < -0.3 is 5.73 Å². The van der Waals surface area contributed by atoms with E-state index < -0.39 is 0 Å². The Balaban J connectivity index is 0.00000256. The van der Waals surface area contributed by atoms with Crippen LogP contribution in [-0.2, 0) is 0 Å². The third-order valence-corrected chi connectivity index (χ3v) is 3.07. The monoisotopic (exact) mass is 258 g/mol. The predicted molar refractivity (Wildman–Crippen MR) is 71.5 cm³/mol. The summed E-state index contributed by atoms with van der Waals surface area (Å²) in [5.74, 6) is 0.322. The van der Waals surface area contributed by atoms with E-state index in [1.807, 2.05) is 6.07 Å². The first-order valence-electron chi connectivity index (χ1n) is 5.47. The number of nitro groups is 1. The molecule has 0 aromatic heterocycles. The highest BCUT2D eigenvalue weighted by atomic mass is 35.5. The lowest BCUT2D eigenvalue weighted by Crippen LogP contribution is -2.18. The zero-order valence-corrected chi connectivity index (χ0v) is 11.2. The van der Waals surface area contributed by atoms with E-state index in [1.165, 1.54) is 0 Å². The van der Waals surface area contributed by atoms with Crippen molar-refractivity contribution >= 4 is 18.1 Å². The van der Waals surface area contributed by atoms with Gasteiger partial charge in [-0.3, -0.25) is 10.1 Å². The molecular formula is C12H19ClN2O2. The van der Waals surface area contributed by atoms with E-state index in [0.29, 0.717) is 11.5 Å². The summed E-state index contributed by atoms with van der Waals surface area (Å²) < 4.78 is 0. The maximum absolute atomic E-state index is 10.8. The number of aryl methyl sites for hydroxylation is 1. The fraction of sp³-hybridized carbons (Fsp3) is 0.500. The number of hydrogen-bond acceptors (Lipinski definition) is 3. The molecule has 0 radical (unpaired) electrons. The first kappa shape index (κ1) is 15.9. The third kappa shape index (κ3) is 3.68. The molecule has 0 aliphatic rings. The van der Waals surface area contributed by atoms with Crippen LogP contribution >= 0.6 is 12.4 Å². The van der Waals surface area contributed by atoms with Crippen molar-refractivity contribution in [3.8, 4) is 0 Å². The van der Waals surface area contributed by atoms with Gasteiger partial charge in [0.05, 0.1) is 4.92 Å².